The van der Waals surface area contributed by atoms with Crippen molar-refractivity contribution in [3.05, 3.63) is 28.2 Å². The highest BCUT2D eigenvalue weighted by molar-refractivity contribution is 6.42. The van der Waals surface area contributed by atoms with E-state index in [0.29, 0.717) is 10.0 Å². The molecule has 2 N–H and O–H groups in total. The summed E-state index contributed by atoms with van der Waals surface area (Å²) in [6.07, 6.45) is 0. The molecule has 0 heterocycles. The summed E-state index contributed by atoms with van der Waals surface area (Å²) in [6.45, 7) is 8.20. The van der Waals surface area contributed by atoms with Gasteiger partial charge in [0.25, 0.3) is 0 Å². The number of nitrogens with one attached hydrogen (secondary N) is 2. The van der Waals surface area contributed by atoms with E-state index in [9.17, 15) is 0 Å². The fraction of sp³-hybridized carbons (Fsp3) is 0.500. The van der Waals surface area contributed by atoms with Crippen LogP contribution < -0.4 is 10.6 Å². The zero-order valence-corrected chi connectivity index (χ0v) is 11.4. The van der Waals surface area contributed by atoms with Crippen molar-refractivity contribution in [2.24, 2.45) is 0 Å². The second kappa shape index (κ2) is 5.76. The van der Waals surface area contributed by atoms with E-state index in [2.05, 4.69) is 31.4 Å². The Kier molecular flexibility index (Phi) is 4.90. The third-order valence-corrected chi connectivity index (χ3v) is 2.77. The minimum atomic E-state index is 0.152. The lowest BCUT2D eigenvalue weighted by Gasteiger charge is -2.20. The Bertz CT molecular complexity index is 345. The predicted octanol–water partition coefficient (Wildman–Crippen LogP) is 3.79. The van der Waals surface area contributed by atoms with Gasteiger partial charge in [0.1, 0.15) is 0 Å². The average molecular weight is 261 g/mol. The van der Waals surface area contributed by atoms with Gasteiger partial charge < -0.3 is 10.6 Å². The number of rotatable bonds is 4. The van der Waals surface area contributed by atoms with Gasteiger partial charge >= 0.3 is 0 Å². The van der Waals surface area contributed by atoms with E-state index < -0.39 is 0 Å². The summed E-state index contributed by atoms with van der Waals surface area (Å²) in [5.74, 6) is 0. The molecule has 0 spiro atoms. The van der Waals surface area contributed by atoms with Gasteiger partial charge in [0.2, 0.25) is 0 Å². The molecule has 0 aliphatic heterocycles. The lowest BCUT2D eigenvalue weighted by Crippen LogP contribution is -2.38. The van der Waals surface area contributed by atoms with E-state index in [1.165, 1.54) is 0 Å². The van der Waals surface area contributed by atoms with Crippen LogP contribution in [0.25, 0.3) is 0 Å². The Morgan fingerprint density at radius 2 is 1.75 bits per heavy atom. The van der Waals surface area contributed by atoms with Crippen molar-refractivity contribution in [1.82, 2.24) is 5.32 Å². The van der Waals surface area contributed by atoms with Crippen LogP contribution >= 0.6 is 23.2 Å². The number of hydrogen-bond donors (Lipinski definition) is 2. The van der Waals surface area contributed by atoms with Crippen molar-refractivity contribution in [2.75, 3.05) is 18.4 Å². The molecule has 0 saturated carbocycles. The average Bonchev–Trinajstić information content (AvgIpc) is 2.17. The summed E-state index contributed by atoms with van der Waals surface area (Å²) in [4.78, 5) is 0. The third kappa shape index (κ3) is 5.06. The maximum absolute atomic E-state index is 5.91. The zero-order valence-electron chi connectivity index (χ0n) is 9.90. The zero-order chi connectivity index (χ0) is 12.2. The molecule has 2 nitrogen and oxygen atoms in total. The van der Waals surface area contributed by atoms with E-state index in [4.69, 9.17) is 23.2 Å². The number of hydrogen-bond acceptors (Lipinski definition) is 2. The summed E-state index contributed by atoms with van der Waals surface area (Å²) in [5, 5.41) is 7.84. The van der Waals surface area contributed by atoms with Crippen LogP contribution in [0.15, 0.2) is 18.2 Å². The van der Waals surface area contributed by atoms with Crippen molar-refractivity contribution >= 4 is 28.9 Å². The predicted molar refractivity (Wildman–Crippen MR) is 72.7 cm³/mol. The highest BCUT2D eigenvalue weighted by Crippen LogP contribution is 2.24. The lowest BCUT2D eigenvalue weighted by molar-refractivity contribution is 0.435. The number of anilines is 1. The van der Waals surface area contributed by atoms with Crippen molar-refractivity contribution in [1.29, 1.82) is 0 Å². The molecule has 16 heavy (non-hydrogen) atoms. The molecule has 90 valence electrons. The van der Waals surface area contributed by atoms with Gasteiger partial charge in [-0.3, -0.25) is 0 Å². The highest BCUT2D eigenvalue weighted by atomic mass is 35.5. The van der Waals surface area contributed by atoms with E-state index >= 15 is 0 Å². The van der Waals surface area contributed by atoms with E-state index in [0.717, 1.165) is 18.8 Å². The Labute approximate surface area is 107 Å². The highest BCUT2D eigenvalue weighted by Gasteiger charge is 2.07. The van der Waals surface area contributed by atoms with Gasteiger partial charge in [-0.1, -0.05) is 23.2 Å². The monoisotopic (exact) mass is 260 g/mol. The first kappa shape index (κ1) is 13.6. The molecule has 0 aliphatic carbocycles. The molecule has 1 aromatic carbocycles. The molecule has 0 unspecified atom stereocenters. The van der Waals surface area contributed by atoms with Crippen LogP contribution in [-0.4, -0.2) is 18.6 Å². The van der Waals surface area contributed by atoms with Gasteiger partial charge in [-0.05, 0) is 39.0 Å². The van der Waals surface area contributed by atoms with E-state index in [-0.39, 0.29) is 5.54 Å². The first-order valence-corrected chi connectivity index (χ1v) is 6.08. The fourth-order valence-electron chi connectivity index (χ4n) is 1.25. The first-order chi connectivity index (χ1) is 7.38. The molecular weight excluding hydrogens is 243 g/mol. The van der Waals surface area contributed by atoms with Gasteiger partial charge in [-0.25, -0.2) is 0 Å². The summed E-state index contributed by atoms with van der Waals surface area (Å²) in [7, 11) is 0. The van der Waals surface area contributed by atoms with Crippen molar-refractivity contribution in [3.63, 3.8) is 0 Å². The Balaban J connectivity index is 2.35. The van der Waals surface area contributed by atoms with E-state index in [1.807, 2.05) is 12.1 Å². The second-order valence-electron chi connectivity index (χ2n) is 4.73. The number of benzene rings is 1. The molecule has 1 aromatic rings. The molecule has 0 bridgehead atoms. The molecule has 4 heteroatoms. The van der Waals surface area contributed by atoms with Gasteiger partial charge in [-0.15, -0.1) is 0 Å². The summed E-state index contributed by atoms with van der Waals surface area (Å²) in [5.41, 5.74) is 1.14. The maximum Gasteiger partial charge on any atom is 0.0612 e. The Morgan fingerprint density at radius 3 is 2.31 bits per heavy atom. The molecule has 0 aromatic heterocycles. The number of halogens is 2. The van der Waals surface area contributed by atoms with E-state index in [1.54, 1.807) is 6.07 Å². The van der Waals surface area contributed by atoms with Crippen molar-refractivity contribution in [2.45, 2.75) is 26.3 Å². The maximum atomic E-state index is 5.91. The van der Waals surface area contributed by atoms with Crippen molar-refractivity contribution in [3.8, 4) is 0 Å². The van der Waals surface area contributed by atoms with Crippen LogP contribution in [0.3, 0.4) is 0 Å². The molecule has 0 atom stereocenters. The fourth-order valence-corrected chi connectivity index (χ4v) is 1.55. The van der Waals surface area contributed by atoms with Crippen LogP contribution in [0.1, 0.15) is 20.8 Å². The lowest BCUT2D eigenvalue weighted by atomic mass is 10.1. The topological polar surface area (TPSA) is 24.1 Å². The normalized spacial score (nSPS) is 11.6. The standard InChI is InChI=1S/C12H18Cl2N2/c1-12(2,3)16-7-6-15-9-4-5-10(13)11(14)8-9/h4-5,8,15-16H,6-7H2,1-3H3. The molecule has 1 rings (SSSR count). The minimum Gasteiger partial charge on any atom is -0.384 e. The Hall–Kier alpha value is -0.440. The van der Waals surface area contributed by atoms with Crippen molar-refractivity contribution < 1.29 is 0 Å². The molecule has 0 amide bonds. The molecule has 0 saturated heterocycles. The van der Waals surface area contributed by atoms with Crippen LogP contribution in [0.5, 0.6) is 0 Å². The molecule has 0 aliphatic rings. The smallest absolute Gasteiger partial charge is 0.0612 e. The largest absolute Gasteiger partial charge is 0.384 e. The quantitative estimate of drug-likeness (QED) is 0.806. The van der Waals surface area contributed by atoms with Crippen LogP contribution in [0.2, 0.25) is 10.0 Å². The second-order valence-corrected chi connectivity index (χ2v) is 5.55. The van der Waals surface area contributed by atoms with Crippen LogP contribution in [0.4, 0.5) is 5.69 Å². The molecule has 0 fully saturated rings. The summed E-state index contributed by atoms with van der Waals surface area (Å²) >= 11 is 11.7. The summed E-state index contributed by atoms with van der Waals surface area (Å²) in [6, 6.07) is 5.55. The van der Waals surface area contributed by atoms with Crippen LogP contribution in [-0.2, 0) is 0 Å². The van der Waals surface area contributed by atoms with Gasteiger partial charge in [0.15, 0.2) is 0 Å². The van der Waals surface area contributed by atoms with Gasteiger partial charge in [0, 0.05) is 24.3 Å². The van der Waals surface area contributed by atoms with Gasteiger partial charge in [0.05, 0.1) is 10.0 Å². The SMILES string of the molecule is CC(C)(C)NCCNc1ccc(Cl)c(Cl)c1. The third-order valence-electron chi connectivity index (χ3n) is 2.03. The Morgan fingerprint density at radius 1 is 1.06 bits per heavy atom. The van der Waals surface area contributed by atoms with Gasteiger partial charge in [-0.2, -0.15) is 0 Å². The van der Waals surface area contributed by atoms with Crippen LogP contribution in [0, 0.1) is 0 Å². The summed E-state index contributed by atoms with van der Waals surface area (Å²) < 4.78 is 0. The first-order valence-electron chi connectivity index (χ1n) is 5.32. The minimum absolute atomic E-state index is 0.152. The molecular formula is C12H18Cl2N2. The molecule has 0 radical (unpaired) electrons.